The van der Waals surface area contributed by atoms with E-state index in [1.54, 1.807) is 30.3 Å². The molecule has 0 spiro atoms. The molecule has 0 aliphatic heterocycles. The third-order valence-corrected chi connectivity index (χ3v) is 5.37. The second-order valence-electron chi connectivity index (χ2n) is 5.71. The fourth-order valence-electron chi connectivity index (χ4n) is 2.38. The number of nitrogens with one attached hydrogen (secondary N) is 1. The van der Waals surface area contributed by atoms with Crippen LogP contribution in [0.3, 0.4) is 0 Å². The zero-order chi connectivity index (χ0) is 20.0. The number of carbonyl (C=O) groups excluding carboxylic acids is 1. The zero-order valence-corrected chi connectivity index (χ0v) is 17.1. The number of nitrogens with zero attached hydrogens (tertiary/aromatic N) is 2. The molecule has 27 heavy (non-hydrogen) atoms. The van der Waals surface area contributed by atoms with Crippen LogP contribution in [0.4, 0.5) is 5.69 Å². The summed E-state index contributed by atoms with van der Waals surface area (Å²) < 4.78 is 25.4. The highest BCUT2D eigenvalue weighted by molar-refractivity contribution is 7.92. The van der Waals surface area contributed by atoms with E-state index in [4.69, 9.17) is 23.2 Å². The Kier molecular flexibility index (Phi) is 7.24. The van der Waals surface area contributed by atoms with Gasteiger partial charge in [-0.15, -0.1) is 0 Å². The average molecular weight is 428 g/mol. The molecule has 0 aliphatic rings. The maximum atomic E-state index is 12.2. The molecule has 0 atom stereocenters. The van der Waals surface area contributed by atoms with E-state index < -0.39 is 15.9 Å². The Morgan fingerprint density at radius 2 is 1.93 bits per heavy atom. The van der Waals surface area contributed by atoms with Crippen molar-refractivity contribution in [1.82, 2.24) is 5.43 Å². The van der Waals surface area contributed by atoms with Gasteiger partial charge < -0.3 is 0 Å². The number of hydrazone groups is 1. The minimum absolute atomic E-state index is 0.384. The molecule has 0 saturated carbocycles. The molecule has 9 heteroatoms. The van der Waals surface area contributed by atoms with E-state index in [1.165, 1.54) is 6.21 Å². The molecule has 0 bridgehead atoms. The molecular formula is C18H19Cl2N3O3S. The summed E-state index contributed by atoms with van der Waals surface area (Å²) in [5.74, 6) is -0.576. The van der Waals surface area contributed by atoms with Gasteiger partial charge in [0.25, 0.3) is 5.91 Å². The van der Waals surface area contributed by atoms with Crippen molar-refractivity contribution in [2.24, 2.45) is 5.10 Å². The quantitative estimate of drug-likeness (QED) is 0.542. The van der Waals surface area contributed by atoms with Gasteiger partial charge in [-0.05, 0) is 30.2 Å². The zero-order valence-electron chi connectivity index (χ0n) is 14.8. The van der Waals surface area contributed by atoms with E-state index >= 15 is 0 Å². The standard InChI is InChI=1S/C18H19Cl2N3O3S/c1-3-13-6-4-5-7-17(13)23(27(2,25)26)12-18(24)22-21-11-14-8-9-15(19)10-16(14)20/h4-11H,3,12H2,1-2H3,(H,22,24)/b21-11-. The van der Waals surface area contributed by atoms with E-state index in [1.807, 2.05) is 19.1 Å². The van der Waals surface area contributed by atoms with Gasteiger partial charge in [0.15, 0.2) is 0 Å². The Labute approximate surface area is 168 Å². The number of halogens is 2. The topological polar surface area (TPSA) is 78.8 Å². The van der Waals surface area contributed by atoms with Crippen molar-refractivity contribution in [3.8, 4) is 0 Å². The number of rotatable bonds is 7. The Balaban J connectivity index is 2.14. The fourth-order valence-corrected chi connectivity index (χ4v) is 3.72. The van der Waals surface area contributed by atoms with Gasteiger partial charge >= 0.3 is 0 Å². The maximum absolute atomic E-state index is 12.2. The second-order valence-corrected chi connectivity index (χ2v) is 8.46. The van der Waals surface area contributed by atoms with Crippen LogP contribution in [0.25, 0.3) is 0 Å². The van der Waals surface area contributed by atoms with E-state index in [-0.39, 0.29) is 6.54 Å². The molecule has 0 radical (unpaired) electrons. The van der Waals surface area contributed by atoms with Crippen LogP contribution in [-0.2, 0) is 21.2 Å². The van der Waals surface area contributed by atoms with Crippen molar-refractivity contribution in [3.05, 3.63) is 63.6 Å². The van der Waals surface area contributed by atoms with Gasteiger partial charge in [0.05, 0.1) is 23.2 Å². The lowest BCUT2D eigenvalue weighted by Gasteiger charge is -2.23. The van der Waals surface area contributed by atoms with Crippen LogP contribution < -0.4 is 9.73 Å². The van der Waals surface area contributed by atoms with Gasteiger partial charge in [0, 0.05) is 10.6 Å². The molecule has 0 saturated heterocycles. The van der Waals surface area contributed by atoms with Crippen LogP contribution in [0.5, 0.6) is 0 Å². The Bertz CT molecular complexity index is 962. The van der Waals surface area contributed by atoms with Gasteiger partial charge in [-0.3, -0.25) is 9.10 Å². The van der Waals surface area contributed by atoms with Gasteiger partial charge in [-0.1, -0.05) is 54.4 Å². The molecule has 0 unspecified atom stereocenters. The van der Waals surface area contributed by atoms with E-state index in [0.717, 1.165) is 16.1 Å². The molecule has 144 valence electrons. The molecule has 2 rings (SSSR count). The largest absolute Gasteiger partial charge is 0.271 e. The number of hydrogen-bond acceptors (Lipinski definition) is 4. The molecule has 0 heterocycles. The first-order chi connectivity index (χ1) is 12.7. The van der Waals surface area contributed by atoms with E-state index in [0.29, 0.717) is 27.7 Å². The number of aryl methyl sites for hydroxylation is 1. The number of para-hydroxylation sites is 1. The van der Waals surface area contributed by atoms with Crippen molar-refractivity contribution >= 4 is 51.0 Å². The summed E-state index contributed by atoms with van der Waals surface area (Å²) in [5.41, 5.74) is 4.18. The normalized spacial score (nSPS) is 11.6. The third kappa shape index (κ3) is 5.95. The van der Waals surface area contributed by atoms with Crippen LogP contribution in [0.15, 0.2) is 47.6 Å². The smallest absolute Gasteiger partial charge is 0.260 e. The summed E-state index contributed by atoms with van der Waals surface area (Å²) in [6, 6.07) is 11.9. The minimum atomic E-state index is -3.65. The van der Waals surface area contributed by atoms with Gasteiger partial charge in [0.1, 0.15) is 6.54 Å². The van der Waals surface area contributed by atoms with Crippen molar-refractivity contribution in [3.63, 3.8) is 0 Å². The minimum Gasteiger partial charge on any atom is -0.271 e. The summed E-state index contributed by atoms with van der Waals surface area (Å²) in [4.78, 5) is 12.2. The van der Waals surface area contributed by atoms with Crippen LogP contribution in [0.2, 0.25) is 10.0 Å². The lowest BCUT2D eigenvalue weighted by Crippen LogP contribution is -2.39. The monoisotopic (exact) mass is 427 g/mol. The first-order valence-electron chi connectivity index (χ1n) is 8.05. The predicted molar refractivity (Wildman–Crippen MR) is 110 cm³/mol. The molecule has 2 aromatic carbocycles. The molecule has 1 N–H and O–H groups in total. The van der Waals surface area contributed by atoms with Crippen LogP contribution in [0.1, 0.15) is 18.1 Å². The molecule has 0 aromatic heterocycles. The van der Waals surface area contributed by atoms with Crippen LogP contribution >= 0.6 is 23.2 Å². The van der Waals surface area contributed by atoms with Gasteiger partial charge in [-0.2, -0.15) is 5.10 Å². The van der Waals surface area contributed by atoms with E-state index in [2.05, 4.69) is 10.5 Å². The summed E-state index contributed by atoms with van der Waals surface area (Å²) in [6.45, 7) is 1.53. The lowest BCUT2D eigenvalue weighted by molar-refractivity contribution is -0.119. The van der Waals surface area contributed by atoms with Crippen LogP contribution in [0, 0.1) is 0 Å². The Hall–Kier alpha value is -2.09. The number of anilines is 1. The van der Waals surface area contributed by atoms with Gasteiger partial charge in [-0.25, -0.2) is 13.8 Å². The maximum Gasteiger partial charge on any atom is 0.260 e. The van der Waals surface area contributed by atoms with Crippen molar-refractivity contribution in [2.75, 3.05) is 17.1 Å². The molecule has 6 nitrogen and oxygen atoms in total. The number of benzene rings is 2. The van der Waals surface area contributed by atoms with Crippen molar-refractivity contribution in [2.45, 2.75) is 13.3 Å². The number of hydrogen-bond donors (Lipinski definition) is 1. The number of sulfonamides is 1. The molecule has 2 aromatic rings. The number of amides is 1. The summed E-state index contributed by atoms with van der Waals surface area (Å²) in [6.07, 6.45) is 3.06. The Morgan fingerprint density at radius 3 is 2.56 bits per heavy atom. The first-order valence-corrected chi connectivity index (χ1v) is 10.7. The van der Waals surface area contributed by atoms with Crippen LogP contribution in [-0.4, -0.2) is 33.3 Å². The highest BCUT2D eigenvalue weighted by atomic mass is 35.5. The van der Waals surface area contributed by atoms with Crippen molar-refractivity contribution in [1.29, 1.82) is 0 Å². The fraction of sp³-hybridized carbons (Fsp3) is 0.222. The predicted octanol–water partition coefficient (Wildman–Crippen LogP) is 3.47. The highest BCUT2D eigenvalue weighted by Crippen LogP contribution is 2.23. The molecule has 1 amide bonds. The Morgan fingerprint density at radius 1 is 1.22 bits per heavy atom. The molecule has 0 fully saturated rings. The highest BCUT2D eigenvalue weighted by Gasteiger charge is 2.22. The molecular weight excluding hydrogens is 409 g/mol. The van der Waals surface area contributed by atoms with Crippen molar-refractivity contribution < 1.29 is 13.2 Å². The third-order valence-electron chi connectivity index (χ3n) is 3.68. The lowest BCUT2D eigenvalue weighted by atomic mass is 10.1. The summed E-state index contributed by atoms with van der Waals surface area (Å²) >= 11 is 11.8. The summed E-state index contributed by atoms with van der Waals surface area (Å²) in [7, 11) is -3.65. The number of carbonyl (C=O) groups is 1. The van der Waals surface area contributed by atoms with E-state index in [9.17, 15) is 13.2 Å². The molecule has 0 aliphatic carbocycles. The SMILES string of the molecule is CCc1ccccc1N(CC(=O)N/N=C\c1ccc(Cl)cc1Cl)S(C)(=O)=O. The summed E-state index contributed by atoms with van der Waals surface area (Å²) in [5, 5.41) is 4.70. The first kappa shape index (κ1) is 21.2. The van der Waals surface area contributed by atoms with Gasteiger partial charge in [0.2, 0.25) is 10.0 Å². The second kappa shape index (κ2) is 9.21. The average Bonchev–Trinajstić information content (AvgIpc) is 2.60.